The van der Waals surface area contributed by atoms with E-state index in [0.717, 1.165) is 19.2 Å². The Hall–Kier alpha value is -2.13. The number of hydroxylamine groups is 1. The molecular formula is C12H18N4O4S. The van der Waals surface area contributed by atoms with E-state index in [-0.39, 0.29) is 4.90 Å². The molecule has 8 nitrogen and oxygen atoms in total. The van der Waals surface area contributed by atoms with Gasteiger partial charge >= 0.3 is 6.03 Å². The minimum absolute atomic E-state index is 0.0518. The molecule has 1 aromatic rings. The summed E-state index contributed by atoms with van der Waals surface area (Å²) in [6.07, 6.45) is 2.72. The van der Waals surface area contributed by atoms with Crippen molar-refractivity contribution in [2.45, 2.75) is 24.7 Å². The average molecular weight is 314 g/mol. The van der Waals surface area contributed by atoms with Gasteiger partial charge in [-0.15, -0.1) is 0 Å². The molecule has 0 aliphatic carbocycles. The highest BCUT2D eigenvalue weighted by Gasteiger charge is 2.16. The molecule has 0 unspecified atom stereocenters. The van der Waals surface area contributed by atoms with Crippen molar-refractivity contribution in [1.29, 1.82) is 0 Å². The van der Waals surface area contributed by atoms with Crippen LogP contribution in [0.4, 0.5) is 10.5 Å². The van der Waals surface area contributed by atoms with Crippen molar-refractivity contribution in [3.63, 3.8) is 0 Å². The Morgan fingerprint density at radius 1 is 1.33 bits per heavy atom. The molecule has 0 saturated heterocycles. The number of nitrogens with zero attached hydrogens (tertiary/aromatic N) is 1. The largest absolute Gasteiger partial charge is 0.337 e. The normalized spacial score (nSPS) is 11.3. The number of unbranched alkanes of at least 4 members (excludes halogenated alkanes) is 1. The maximum absolute atomic E-state index is 11.9. The lowest BCUT2D eigenvalue weighted by Crippen LogP contribution is -2.39. The van der Waals surface area contributed by atoms with Gasteiger partial charge in [0.05, 0.1) is 10.6 Å². The standard InChI is InChI=1S/C12H18N4O4S/c1-2-3-8-13-12(17)16-21(19,20)11-6-4-10(5-7-11)14-9-15-18/h4-7,9,18H,2-3,8H2,1H3,(H,14,15)(H2,13,16,17). The summed E-state index contributed by atoms with van der Waals surface area (Å²) < 4.78 is 25.8. The first kappa shape index (κ1) is 16.9. The van der Waals surface area contributed by atoms with E-state index >= 15 is 0 Å². The van der Waals surface area contributed by atoms with Crippen molar-refractivity contribution >= 4 is 28.1 Å². The second-order valence-electron chi connectivity index (χ2n) is 4.10. The maximum atomic E-state index is 11.9. The van der Waals surface area contributed by atoms with Crippen LogP contribution in [0.5, 0.6) is 0 Å². The molecule has 1 aromatic carbocycles. The van der Waals surface area contributed by atoms with Crippen LogP contribution in [0.2, 0.25) is 0 Å². The van der Waals surface area contributed by atoms with Gasteiger partial charge in [0.15, 0.2) is 0 Å². The Morgan fingerprint density at radius 2 is 2.00 bits per heavy atom. The Labute approximate surface area is 123 Å². The molecule has 0 aliphatic rings. The zero-order chi connectivity index (χ0) is 15.7. The second-order valence-corrected chi connectivity index (χ2v) is 5.78. The molecule has 9 heteroatoms. The van der Waals surface area contributed by atoms with Crippen LogP contribution in [-0.2, 0) is 10.0 Å². The summed E-state index contributed by atoms with van der Waals surface area (Å²) in [6, 6.07) is 4.75. The van der Waals surface area contributed by atoms with Gasteiger partial charge in [-0.05, 0) is 30.7 Å². The molecule has 0 heterocycles. The number of carbonyl (C=O) groups is 1. The van der Waals surface area contributed by atoms with Gasteiger partial charge in [0, 0.05) is 6.54 Å². The highest BCUT2D eigenvalue weighted by molar-refractivity contribution is 7.90. The molecular weight excluding hydrogens is 296 g/mol. The first-order chi connectivity index (χ1) is 9.99. The van der Waals surface area contributed by atoms with E-state index in [1.807, 2.05) is 11.6 Å². The number of amides is 2. The van der Waals surface area contributed by atoms with Crippen LogP contribution in [-0.4, -0.2) is 32.5 Å². The van der Waals surface area contributed by atoms with Crippen molar-refractivity contribution in [1.82, 2.24) is 15.5 Å². The number of hydrogen-bond acceptors (Lipinski definition) is 5. The average Bonchev–Trinajstić information content (AvgIpc) is 2.45. The number of hydrogen-bond donors (Lipinski definition) is 4. The second kappa shape index (κ2) is 8.22. The van der Waals surface area contributed by atoms with Crippen LogP contribution < -0.4 is 15.5 Å². The van der Waals surface area contributed by atoms with Crippen LogP contribution in [0.15, 0.2) is 34.2 Å². The number of benzene rings is 1. The molecule has 0 spiro atoms. The minimum Gasteiger partial charge on any atom is -0.337 e. The minimum atomic E-state index is -3.91. The molecule has 0 aromatic heterocycles. The first-order valence-electron chi connectivity index (χ1n) is 6.32. The summed E-state index contributed by atoms with van der Waals surface area (Å²) in [5.74, 6) is 0. The van der Waals surface area contributed by atoms with E-state index in [9.17, 15) is 13.2 Å². The topological polar surface area (TPSA) is 120 Å². The fraction of sp³-hybridized carbons (Fsp3) is 0.333. The van der Waals surface area contributed by atoms with Crippen LogP contribution in [0.3, 0.4) is 0 Å². The number of sulfonamides is 1. The predicted molar refractivity (Wildman–Crippen MR) is 78.1 cm³/mol. The Kier molecular flexibility index (Phi) is 6.63. The number of urea groups is 1. The number of carbonyl (C=O) groups excluding carboxylic acids is 1. The van der Waals surface area contributed by atoms with Crippen LogP contribution in [0.25, 0.3) is 0 Å². The smallest absolute Gasteiger partial charge is 0.328 e. The lowest BCUT2D eigenvalue weighted by molar-refractivity contribution is 0.240. The van der Waals surface area contributed by atoms with Gasteiger partial charge in [0.2, 0.25) is 0 Å². The van der Waals surface area contributed by atoms with Crippen molar-refractivity contribution in [2.75, 3.05) is 6.54 Å². The fourth-order valence-corrected chi connectivity index (χ4v) is 2.34. The van der Waals surface area contributed by atoms with Gasteiger partial charge in [0.25, 0.3) is 10.0 Å². The maximum Gasteiger partial charge on any atom is 0.328 e. The lowest BCUT2D eigenvalue weighted by Gasteiger charge is -2.08. The van der Waals surface area contributed by atoms with Crippen molar-refractivity contribution in [3.05, 3.63) is 24.3 Å². The van der Waals surface area contributed by atoms with Crippen LogP contribution in [0.1, 0.15) is 19.8 Å². The monoisotopic (exact) mass is 314 g/mol. The first-order valence-corrected chi connectivity index (χ1v) is 7.80. The van der Waals surface area contributed by atoms with Gasteiger partial charge in [-0.1, -0.05) is 13.3 Å². The summed E-state index contributed by atoms with van der Waals surface area (Å²) in [5, 5.41) is 10.8. The molecule has 0 saturated carbocycles. The van der Waals surface area contributed by atoms with Gasteiger partial charge in [0.1, 0.15) is 6.34 Å². The molecule has 21 heavy (non-hydrogen) atoms. The highest BCUT2D eigenvalue weighted by Crippen LogP contribution is 2.15. The fourth-order valence-electron chi connectivity index (χ4n) is 1.41. The van der Waals surface area contributed by atoms with Gasteiger partial charge in [-0.3, -0.25) is 10.7 Å². The highest BCUT2D eigenvalue weighted by atomic mass is 32.2. The molecule has 2 amide bonds. The third kappa shape index (κ3) is 5.79. The molecule has 0 aliphatic heterocycles. The molecule has 1 rings (SSSR count). The molecule has 0 bridgehead atoms. The third-order valence-corrected chi connectivity index (χ3v) is 3.81. The van der Waals surface area contributed by atoms with E-state index < -0.39 is 16.1 Å². The molecule has 0 atom stereocenters. The Balaban J connectivity index is 2.69. The van der Waals surface area contributed by atoms with Crippen LogP contribution >= 0.6 is 0 Å². The predicted octanol–water partition coefficient (Wildman–Crippen LogP) is 1.11. The van der Waals surface area contributed by atoms with Gasteiger partial charge < -0.3 is 5.32 Å². The quantitative estimate of drug-likeness (QED) is 0.260. The summed E-state index contributed by atoms with van der Waals surface area (Å²) in [6.45, 7) is 2.38. The zero-order valence-corrected chi connectivity index (χ0v) is 12.4. The molecule has 0 radical (unpaired) electrons. The molecule has 0 fully saturated rings. The van der Waals surface area contributed by atoms with Crippen molar-refractivity contribution in [2.24, 2.45) is 4.99 Å². The summed E-state index contributed by atoms with van der Waals surface area (Å²) in [7, 11) is -3.91. The number of rotatable bonds is 7. The van der Waals surface area contributed by atoms with E-state index in [1.165, 1.54) is 24.3 Å². The van der Waals surface area contributed by atoms with E-state index in [0.29, 0.717) is 12.2 Å². The third-order valence-electron chi connectivity index (χ3n) is 2.46. The van der Waals surface area contributed by atoms with E-state index in [2.05, 4.69) is 10.3 Å². The van der Waals surface area contributed by atoms with Crippen molar-refractivity contribution in [3.8, 4) is 0 Å². The number of aliphatic imine (C=N–C) groups is 1. The Morgan fingerprint density at radius 3 is 2.57 bits per heavy atom. The summed E-state index contributed by atoms with van der Waals surface area (Å²) >= 11 is 0. The zero-order valence-electron chi connectivity index (χ0n) is 11.5. The number of nitrogens with one attached hydrogen (secondary N) is 3. The summed E-state index contributed by atoms with van der Waals surface area (Å²) in [5.41, 5.74) is 2.18. The van der Waals surface area contributed by atoms with Gasteiger partial charge in [-0.25, -0.2) is 22.9 Å². The van der Waals surface area contributed by atoms with E-state index in [1.54, 1.807) is 5.48 Å². The van der Waals surface area contributed by atoms with Gasteiger partial charge in [-0.2, -0.15) is 0 Å². The Bertz CT molecular complexity index is 584. The SMILES string of the molecule is CCCCNC(=O)NS(=O)(=O)c1ccc(N=CNO)cc1. The van der Waals surface area contributed by atoms with E-state index in [4.69, 9.17) is 5.21 Å². The van der Waals surface area contributed by atoms with Crippen LogP contribution in [0, 0.1) is 0 Å². The van der Waals surface area contributed by atoms with Crippen molar-refractivity contribution < 1.29 is 18.4 Å². The summed E-state index contributed by atoms with van der Waals surface area (Å²) in [4.78, 5) is 15.2. The lowest BCUT2D eigenvalue weighted by atomic mass is 10.3. The molecule has 116 valence electrons. The molecule has 4 N–H and O–H groups in total.